The summed E-state index contributed by atoms with van der Waals surface area (Å²) in [6, 6.07) is 1.69. The molecule has 92 valence electrons. The third-order valence-corrected chi connectivity index (χ3v) is 2.96. The number of aliphatic hydroxyl groups is 1. The monoisotopic (exact) mass is 255 g/mol. The fourth-order valence-electron chi connectivity index (χ4n) is 1.71. The number of H-pyrrole nitrogens is 1. The topological polar surface area (TPSA) is 70.9 Å². The quantitative estimate of drug-likeness (QED) is 0.871. The largest absolute Gasteiger partial charge is 0.393 e. The standard InChI is InChI=1S/C11H14ClN3O2/c1-2-8(16)3-4-15-9-5-7(12)6-13-10(9)14-11(15)17/h5-6,8,16H,2-4H2,1H3,(H,13,14,17). The van der Waals surface area contributed by atoms with E-state index in [0.29, 0.717) is 35.6 Å². The minimum Gasteiger partial charge on any atom is -0.393 e. The lowest BCUT2D eigenvalue weighted by Gasteiger charge is -2.07. The molecule has 0 aliphatic rings. The van der Waals surface area contributed by atoms with Crippen LogP contribution in [0.3, 0.4) is 0 Å². The minimum atomic E-state index is -0.390. The number of fused-ring (bicyclic) bond motifs is 1. The molecule has 2 aromatic rings. The molecule has 2 heterocycles. The molecule has 0 amide bonds. The number of hydrogen-bond donors (Lipinski definition) is 2. The Hall–Kier alpha value is -1.33. The van der Waals surface area contributed by atoms with Gasteiger partial charge in [-0.3, -0.25) is 9.55 Å². The van der Waals surface area contributed by atoms with Crippen LogP contribution in [0.2, 0.25) is 5.02 Å². The van der Waals surface area contributed by atoms with E-state index in [1.807, 2.05) is 6.92 Å². The summed E-state index contributed by atoms with van der Waals surface area (Å²) < 4.78 is 1.55. The van der Waals surface area contributed by atoms with Gasteiger partial charge in [0.05, 0.1) is 16.6 Å². The maximum absolute atomic E-state index is 11.7. The van der Waals surface area contributed by atoms with Gasteiger partial charge in [0.2, 0.25) is 0 Å². The summed E-state index contributed by atoms with van der Waals surface area (Å²) in [6.45, 7) is 2.36. The van der Waals surface area contributed by atoms with Crippen molar-refractivity contribution in [3.8, 4) is 0 Å². The van der Waals surface area contributed by atoms with Crippen LogP contribution in [0.5, 0.6) is 0 Å². The Bertz CT molecular complexity index is 576. The van der Waals surface area contributed by atoms with Gasteiger partial charge in [0, 0.05) is 12.7 Å². The zero-order valence-corrected chi connectivity index (χ0v) is 10.2. The number of aromatic amines is 1. The number of rotatable bonds is 4. The number of halogens is 1. The predicted octanol–water partition coefficient (Wildman–Crippen LogP) is 1.54. The molecule has 0 radical (unpaired) electrons. The molecule has 0 bridgehead atoms. The molecule has 1 atom stereocenters. The summed E-state index contributed by atoms with van der Waals surface area (Å²) in [7, 11) is 0. The maximum Gasteiger partial charge on any atom is 0.327 e. The third kappa shape index (κ3) is 2.50. The van der Waals surface area contributed by atoms with Gasteiger partial charge in [-0.05, 0) is 18.9 Å². The summed E-state index contributed by atoms with van der Waals surface area (Å²) in [5.74, 6) is 0. The first-order valence-electron chi connectivity index (χ1n) is 5.54. The van der Waals surface area contributed by atoms with Crippen LogP contribution in [0.1, 0.15) is 19.8 Å². The zero-order valence-electron chi connectivity index (χ0n) is 9.48. The van der Waals surface area contributed by atoms with Crippen molar-refractivity contribution in [1.29, 1.82) is 0 Å². The third-order valence-electron chi connectivity index (χ3n) is 2.75. The van der Waals surface area contributed by atoms with E-state index in [4.69, 9.17) is 11.6 Å². The highest BCUT2D eigenvalue weighted by molar-refractivity contribution is 6.31. The van der Waals surface area contributed by atoms with E-state index in [0.717, 1.165) is 0 Å². The Morgan fingerprint density at radius 1 is 1.65 bits per heavy atom. The molecular formula is C11H14ClN3O2. The molecular weight excluding hydrogens is 242 g/mol. The number of nitrogens with zero attached hydrogens (tertiary/aromatic N) is 2. The van der Waals surface area contributed by atoms with Crippen LogP contribution < -0.4 is 5.69 Å². The molecule has 0 aliphatic heterocycles. The fraction of sp³-hybridized carbons (Fsp3) is 0.455. The zero-order chi connectivity index (χ0) is 12.4. The molecule has 0 saturated heterocycles. The molecule has 2 N–H and O–H groups in total. The number of aryl methyl sites for hydroxylation is 1. The Labute approximate surface area is 103 Å². The lowest BCUT2D eigenvalue weighted by Crippen LogP contribution is -2.19. The summed E-state index contributed by atoms with van der Waals surface area (Å²) in [6.07, 6.45) is 2.32. The van der Waals surface area contributed by atoms with Crippen molar-refractivity contribution in [2.24, 2.45) is 0 Å². The molecule has 0 saturated carbocycles. The Balaban J connectivity index is 2.35. The highest BCUT2D eigenvalue weighted by atomic mass is 35.5. The van der Waals surface area contributed by atoms with E-state index < -0.39 is 0 Å². The van der Waals surface area contributed by atoms with E-state index >= 15 is 0 Å². The summed E-state index contributed by atoms with van der Waals surface area (Å²) in [5.41, 5.74) is 0.967. The molecule has 1 unspecified atom stereocenters. The molecule has 0 aliphatic carbocycles. The molecule has 0 aromatic carbocycles. The number of pyridine rings is 1. The summed E-state index contributed by atoms with van der Waals surface area (Å²) in [4.78, 5) is 18.4. The molecule has 0 fully saturated rings. The van der Waals surface area contributed by atoms with Crippen molar-refractivity contribution >= 4 is 22.8 Å². The van der Waals surface area contributed by atoms with Crippen LogP contribution in [0.4, 0.5) is 0 Å². The van der Waals surface area contributed by atoms with Crippen molar-refractivity contribution < 1.29 is 5.11 Å². The number of imidazole rings is 1. The van der Waals surface area contributed by atoms with Crippen molar-refractivity contribution in [3.63, 3.8) is 0 Å². The second-order valence-corrected chi connectivity index (χ2v) is 4.39. The molecule has 2 rings (SSSR count). The van der Waals surface area contributed by atoms with Gasteiger partial charge in [-0.1, -0.05) is 18.5 Å². The number of aliphatic hydroxyl groups excluding tert-OH is 1. The van der Waals surface area contributed by atoms with Crippen LogP contribution in [0, 0.1) is 0 Å². The van der Waals surface area contributed by atoms with Crippen molar-refractivity contribution in [1.82, 2.24) is 14.5 Å². The lowest BCUT2D eigenvalue weighted by atomic mass is 10.2. The summed E-state index contributed by atoms with van der Waals surface area (Å²) in [5, 5.41) is 9.99. The van der Waals surface area contributed by atoms with E-state index in [1.54, 1.807) is 10.6 Å². The van der Waals surface area contributed by atoms with E-state index in [-0.39, 0.29) is 11.8 Å². The van der Waals surface area contributed by atoms with Gasteiger partial charge in [0.1, 0.15) is 0 Å². The molecule has 6 heteroatoms. The minimum absolute atomic E-state index is 0.224. The number of aromatic nitrogens is 3. The first-order chi connectivity index (χ1) is 8.11. The number of nitrogens with one attached hydrogen (secondary N) is 1. The van der Waals surface area contributed by atoms with Crippen LogP contribution in [0.25, 0.3) is 11.2 Å². The molecule has 17 heavy (non-hydrogen) atoms. The molecule has 0 spiro atoms. The fourth-order valence-corrected chi connectivity index (χ4v) is 1.87. The first-order valence-corrected chi connectivity index (χ1v) is 5.91. The number of hydrogen-bond acceptors (Lipinski definition) is 3. The van der Waals surface area contributed by atoms with Gasteiger partial charge in [-0.15, -0.1) is 0 Å². The van der Waals surface area contributed by atoms with Gasteiger partial charge in [-0.2, -0.15) is 0 Å². The predicted molar refractivity (Wildman–Crippen MR) is 66.3 cm³/mol. The van der Waals surface area contributed by atoms with E-state index in [1.165, 1.54) is 6.20 Å². The van der Waals surface area contributed by atoms with Gasteiger partial charge >= 0.3 is 5.69 Å². The second-order valence-electron chi connectivity index (χ2n) is 3.95. The Morgan fingerprint density at radius 2 is 2.41 bits per heavy atom. The lowest BCUT2D eigenvalue weighted by molar-refractivity contribution is 0.154. The van der Waals surface area contributed by atoms with Gasteiger partial charge in [0.25, 0.3) is 0 Å². The average molecular weight is 256 g/mol. The molecule has 2 aromatic heterocycles. The van der Waals surface area contributed by atoms with Gasteiger partial charge in [-0.25, -0.2) is 9.78 Å². The SMILES string of the molecule is CCC(O)CCn1c(=O)[nH]c2ncc(Cl)cc21. The van der Waals surface area contributed by atoms with Crippen LogP contribution >= 0.6 is 11.6 Å². The van der Waals surface area contributed by atoms with Crippen LogP contribution in [0.15, 0.2) is 17.1 Å². The van der Waals surface area contributed by atoms with Crippen molar-refractivity contribution in [2.45, 2.75) is 32.4 Å². The first kappa shape index (κ1) is 12.1. The molecule has 5 nitrogen and oxygen atoms in total. The average Bonchev–Trinajstić information content (AvgIpc) is 2.61. The van der Waals surface area contributed by atoms with E-state index in [9.17, 15) is 9.90 Å². The van der Waals surface area contributed by atoms with Crippen LogP contribution in [-0.2, 0) is 6.54 Å². The summed E-state index contributed by atoms with van der Waals surface area (Å²) >= 11 is 5.85. The van der Waals surface area contributed by atoms with Gasteiger partial charge < -0.3 is 5.11 Å². The van der Waals surface area contributed by atoms with Crippen molar-refractivity contribution in [2.75, 3.05) is 0 Å². The highest BCUT2D eigenvalue weighted by Crippen LogP contribution is 2.14. The van der Waals surface area contributed by atoms with E-state index in [2.05, 4.69) is 9.97 Å². The Morgan fingerprint density at radius 3 is 3.12 bits per heavy atom. The second kappa shape index (κ2) is 4.89. The van der Waals surface area contributed by atoms with Gasteiger partial charge in [0.15, 0.2) is 5.65 Å². The highest BCUT2D eigenvalue weighted by Gasteiger charge is 2.09. The normalized spacial score (nSPS) is 13.1. The smallest absolute Gasteiger partial charge is 0.327 e. The van der Waals surface area contributed by atoms with Crippen LogP contribution in [-0.4, -0.2) is 25.7 Å². The maximum atomic E-state index is 11.7. The van der Waals surface area contributed by atoms with Crippen molar-refractivity contribution in [3.05, 3.63) is 27.8 Å². The Kier molecular flexibility index (Phi) is 3.49.